The van der Waals surface area contributed by atoms with Gasteiger partial charge in [-0.1, -0.05) is 30.3 Å². The van der Waals surface area contributed by atoms with E-state index in [4.69, 9.17) is 4.74 Å². The second-order valence-corrected chi connectivity index (χ2v) is 3.95. The number of ether oxygens (including phenoxy) is 2. The molecule has 0 spiro atoms. The van der Waals surface area contributed by atoms with Gasteiger partial charge >= 0.3 is 5.97 Å². The monoisotopic (exact) mass is 258 g/mol. The van der Waals surface area contributed by atoms with Crippen LogP contribution >= 0.6 is 0 Å². The summed E-state index contributed by atoms with van der Waals surface area (Å²) in [5, 5.41) is 9.78. The van der Waals surface area contributed by atoms with Crippen molar-refractivity contribution in [2.75, 3.05) is 7.11 Å². The summed E-state index contributed by atoms with van der Waals surface area (Å²) in [6, 6.07) is 14.0. The molecule has 0 saturated carbocycles. The Balaban J connectivity index is 2.07. The zero-order valence-electron chi connectivity index (χ0n) is 10.5. The van der Waals surface area contributed by atoms with Gasteiger partial charge < -0.3 is 14.6 Å². The van der Waals surface area contributed by atoms with E-state index >= 15 is 0 Å². The third-order valence-corrected chi connectivity index (χ3v) is 2.62. The fourth-order valence-electron chi connectivity index (χ4n) is 1.62. The predicted octanol–water partition coefficient (Wildman–Crippen LogP) is 2.76. The molecule has 4 nitrogen and oxygen atoms in total. The first-order valence-electron chi connectivity index (χ1n) is 5.79. The van der Waals surface area contributed by atoms with Gasteiger partial charge in [-0.2, -0.15) is 0 Å². The van der Waals surface area contributed by atoms with E-state index in [-0.39, 0.29) is 11.3 Å². The fraction of sp³-hybridized carbons (Fsp3) is 0.133. The van der Waals surface area contributed by atoms with Crippen molar-refractivity contribution >= 4 is 5.97 Å². The molecule has 0 saturated heterocycles. The number of phenols is 1. The number of aromatic hydroxyl groups is 1. The maximum atomic E-state index is 11.3. The summed E-state index contributed by atoms with van der Waals surface area (Å²) in [5.41, 5.74) is 1.28. The summed E-state index contributed by atoms with van der Waals surface area (Å²) in [6.07, 6.45) is 0. The average molecular weight is 258 g/mol. The average Bonchev–Trinajstić information content (AvgIpc) is 2.46. The zero-order chi connectivity index (χ0) is 13.7. The molecule has 0 atom stereocenters. The number of hydrogen-bond acceptors (Lipinski definition) is 4. The summed E-state index contributed by atoms with van der Waals surface area (Å²) in [5.74, 6) is -0.250. The maximum absolute atomic E-state index is 11.3. The van der Waals surface area contributed by atoms with Crippen molar-refractivity contribution < 1.29 is 19.4 Å². The second-order valence-electron chi connectivity index (χ2n) is 3.95. The van der Waals surface area contributed by atoms with E-state index in [0.29, 0.717) is 12.4 Å². The number of methoxy groups -OCH3 is 1. The summed E-state index contributed by atoms with van der Waals surface area (Å²) in [6.45, 7) is 0.353. The van der Waals surface area contributed by atoms with Crippen molar-refractivity contribution in [2.45, 2.75) is 6.61 Å². The lowest BCUT2D eigenvalue weighted by Gasteiger charge is -2.09. The first-order valence-corrected chi connectivity index (χ1v) is 5.79. The van der Waals surface area contributed by atoms with E-state index in [1.54, 1.807) is 12.1 Å². The third kappa shape index (κ3) is 3.25. The molecule has 2 rings (SSSR count). The number of rotatable bonds is 4. The highest BCUT2D eigenvalue weighted by Gasteiger charge is 2.10. The molecule has 19 heavy (non-hydrogen) atoms. The lowest BCUT2D eigenvalue weighted by Crippen LogP contribution is -2.01. The van der Waals surface area contributed by atoms with Gasteiger partial charge in [0.05, 0.1) is 12.7 Å². The molecule has 0 unspecified atom stereocenters. The Labute approximate surface area is 111 Å². The van der Waals surface area contributed by atoms with Crippen LogP contribution < -0.4 is 4.74 Å². The predicted molar refractivity (Wildman–Crippen MR) is 70.2 cm³/mol. The highest BCUT2D eigenvalue weighted by molar-refractivity contribution is 5.90. The number of phenolic OH excluding ortho intramolecular Hbond substituents is 1. The Hall–Kier alpha value is -2.49. The molecule has 4 heteroatoms. The lowest BCUT2D eigenvalue weighted by atomic mass is 10.2. The van der Waals surface area contributed by atoms with Crippen LogP contribution in [0, 0.1) is 0 Å². The summed E-state index contributed by atoms with van der Waals surface area (Å²) in [7, 11) is 1.29. The van der Waals surface area contributed by atoms with Crippen molar-refractivity contribution in [2.24, 2.45) is 0 Å². The van der Waals surface area contributed by atoms with Gasteiger partial charge in [0, 0.05) is 0 Å². The standard InChI is InChI=1S/C15H14O4/c1-18-15(17)12-7-8-14(13(16)9-12)19-10-11-5-3-2-4-6-11/h2-9,16H,10H2,1H3. The Kier molecular flexibility index (Phi) is 4.03. The SMILES string of the molecule is COC(=O)c1ccc(OCc2ccccc2)c(O)c1. The van der Waals surface area contributed by atoms with Gasteiger partial charge in [-0.05, 0) is 23.8 Å². The van der Waals surface area contributed by atoms with Crippen LogP contribution in [0.3, 0.4) is 0 Å². The lowest BCUT2D eigenvalue weighted by molar-refractivity contribution is 0.0600. The first kappa shape index (κ1) is 13.0. The van der Waals surface area contributed by atoms with Crippen LogP contribution in [0.2, 0.25) is 0 Å². The molecule has 0 aromatic heterocycles. The van der Waals surface area contributed by atoms with Gasteiger partial charge in [-0.15, -0.1) is 0 Å². The molecule has 0 bridgehead atoms. The van der Waals surface area contributed by atoms with Gasteiger partial charge in [-0.3, -0.25) is 0 Å². The van der Waals surface area contributed by atoms with Gasteiger partial charge in [0.25, 0.3) is 0 Å². The molecule has 0 radical (unpaired) electrons. The molecule has 0 amide bonds. The van der Waals surface area contributed by atoms with Crippen molar-refractivity contribution in [3.05, 3.63) is 59.7 Å². The van der Waals surface area contributed by atoms with Crippen molar-refractivity contribution in [3.8, 4) is 11.5 Å². The molecule has 98 valence electrons. The third-order valence-electron chi connectivity index (χ3n) is 2.62. The number of benzene rings is 2. The van der Waals surface area contributed by atoms with Crippen LogP contribution in [-0.2, 0) is 11.3 Å². The molecule has 0 heterocycles. The molecule has 2 aromatic rings. The minimum atomic E-state index is -0.495. The van der Waals surface area contributed by atoms with Crippen molar-refractivity contribution in [3.63, 3.8) is 0 Å². The van der Waals surface area contributed by atoms with Crippen LogP contribution in [0.5, 0.6) is 11.5 Å². The van der Waals surface area contributed by atoms with E-state index < -0.39 is 5.97 Å². The molecule has 0 aliphatic rings. The Bertz CT molecular complexity index is 564. The minimum absolute atomic E-state index is 0.0844. The molecule has 2 aromatic carbocycles. The minimum Gasteiger partial charge on any atom is -0.504 e. The van der Waals surface area contributed by atoms with E-state index in [1.165, 1.54) is 13.2 Å². The van der Waals surface area contributed by atoms with Gasteiger partial charge in [0.1, 0.15) is 6.61 Å². The van der Waals surface area contributed by atoms with Crippen molar-refractivity contribution in [1.82, 2.24) is 0 Å². The number of hydrogen-bond donors (Lipinski definition) is 1. The zero-order valence-corrected chi connectivity index (χ0v) is 10.5. The van der Waals surface area contributed by atoms with Crippen LogP contribution in [0.4, 0.5) is 0 Å². The highest BCUT2D eigenvalue weighted by Crippen LogP contribution is 2.27. The molecular formula is C15H14O4. The molecule has 0 fully saturated rings. The Morgan fingerprint density at radius 3 is 2.53 bits per heavy atom. The topological polar surface area (TPSA) is 55.8 Å². The van der Waals surface area contributed by atoms with Crippen LogP contribution in [0.15, 0.2) is 48.5 Å². The van der Waals surface area contributed by atoms with E-state index in [2.05, 4.69) is 4.74 Å². The normalized spacial score (nSPS) is 9.95. The molecule has 1 N–H and O–H groups in total. The summed E-state index contributed by atoms with van der Waals surface area (Å²) < 4.78 is 10.1. The Morgan fingerprint density at radius 2 is 1.89 bits per heavy atom. The molecule has 0 aliphatic heterocycles. The maximum Gasteiger partial charge on any atom is 0.337 e. The fourth-order valence-corrected chi connectivity index (χ4v) is 1.62. The smallest absolute Gasteiger partial charge is 0.337 e. The number of carbonyl (C=O) groups is 1. The second kappa shape index (κ2) is 5.91. The largest absolute Gasteiger partial charge is 0.504 e. The van der Waals surface area contributed by atoms with Gasteiger partial charge in [-0.25, -0.2) is 4.79 Å². The summed E-state index contributed by atoms with van der Waals surface area (Å²) in [4.78, 5) is 11.3. The van der Waals surface area contributed by atoms with E-state index in [0.717, 1.165) is 5.56 Å². The first-order chi connectivity index (χ1) is 9.20. The summed E-state index contributed by atoms with van der Waals surface area (Å²) >= 11 is 0. The molecule has 0 aliphatic carbocycles. The quantitative estimate of drug-likeness (QED) is 0.857. The van der Waals surface area contributed by atoms with Crippen LogP contribution in [-0.4, -0.2) is 18.2 Å². The Morgan fingerprint density at radius 1 is 1.16 bits per heavy atom. The van der Waals surface area contributed by atoms with Crippen LogP contribution in [0.1, 0.15) is 15.9 Å². The van der Waals surface area contributed by atoms with Crippen LogP contribution in [0.25, 0.3) is 0 Å². The van der Waals surface area contributed by atoms with Gasteiger partial charge in [0.15, 0.2) is 11.5 Å². The number of esters is 1. The van der Waals surface area contributed by atoms with Gasteiger partial charge in [0.2, 0.25) is 0 Å². The highest BCUT2D eigenvalue weighted by atomic mass is 16.5. The van der Waals surface area contributed by atoms with E-state index in [1.807, 2.05) is 30.3 Å². The van der Waals surface area contributed by atoms with Crippen molar-refractivity contribution in [1.29, 1.82) is 0 Å². The molecular weight excluding hydrogens is 244 g/mol. The van der Waals surface area contributed by atoms with E-state index in [9.17, 15) is 9.90 Å². The number of carbonyl (C=O) groups excluding carboxylic acids is 1.